The van der Waals surface area contributed by atoms with Crippen molar-refractivity contribution in [3.63, 3.8) is 0 Å². The Kier molecular flexibility index (Phi) is 0.612. The summed E-state index contributed by atoms with van der Waals surface area (Å²) in [5, 5.41) is 0. The highest BCUT2D eigenvalue weighted by molar-refractivity contribution is 5.99. The van der Waals surface area contributed by atoms with Crippen molar-refractivity contribution in [3.8, 4) is 6.57 Å². The van der Waals surface area contributed by atoms with Gasteiger partial charge in [-0.25, -0.2) is 0 Å². The molecular formula is C4H5N2+. The zero-order chi connectivity index (χ0) is 4.41. The van der Waals surface area contributed by atoms with Crippen molar-refractivity contribution in [2.24, 2.45) is 4.99 Å². The predicted octanol–water partition coefficient (Wildman–Crippen LogP) is 0.404. The molecule has 0 spiro atoms. The fraction of sp³-hybridized carbons (Fsp3) is 0.500. The molecule has 0 radical (unpaired) electrons. The van der Waals surface area contributed by atoms with Crippen molar-refractivity contribution >= 4 is 5.71 Å². The van der Waals surface area contributed by atoms with E-state index in [9.17, 15) is 0 Å². The van der Waals surface area contributed by atoms with Gasteiger partial charge in [0.05, 0.1) is 6.54 Å². The number of rotatable bonds is 1. The number of hydrogen-bond donors (Lipinski definition) is 0. The second kappa shape index (κ2) is 1.09. The molecular weight excluding hydrogens is 76.1 g/mol. The molecule has 0 aromatic heterocycles. The van der Waals surface area contributed by atoms with Crippen molar-refractivity contribution in [2.45, 2.75) is 0 Å². The van der Waals surface area contributed by atoms with Gasteiger partial charge in [-0.2, -0.15) is 0 Å². The predicted molar refractivity (Wildman–Crippen MR) is 25.5 cm³/mol. The normalized spacial score (nSPS) is 15.5. The second-order valence-electron chi connectivity index (χ2n) is 1.22. The van der Waals surface area contributed by atoms with Gasteiger partial charge in [-0.05, 0) is 0 Å². The molecule has 6 heavy (non-hydrogen) atoms. The molecule has 30 valence electrons. The molecule has 0 amide bonds. The maximum Gasteiger partial charge on any atom is 0.302 e. The fourth-order valence-electron chi connectivity index (χ4n) is 0.261. The van der Waals surface area contributed by atoms with Crippen molar-refractivity contribution in [1.29, 1.82) is 0 Å². The van der Waals surface area contributed by atoms with Gasteiger partial charge in [0, 0.05) is 0 Å². The molecule has 1 heterocycles. The lowest BCUT2D eigenvalue weighted by atomic mass is 10.5. The Morgan fingerprint density at radius 1 is 2.00 bits per heavy atom. The van der Waals surface area contributed by atoms with Crippen molar-refractivity contribution in [3.05, 3.63) is 4.85 Å². The van der Waals surface area contributed by atoms with Crippen LogP contribution >= 0.6 is 0 Å². The van der Waals surface area contributed by atoms with E-state index >= 15 is 0 Å². The van der Waals surface area contributed by atoms with E-state index in [4.69, 9.17) is 6.57 Å². The summed E-state index contributed by atoms with van der Waals surface area (Å²) < 4.78 is 0. The first-order chi connectivity index (χ1) is 2.93. The van der Waals surface area contributed by atoms with E-state index in [0.29, 0.717) is 6.54 Å². The van der Waals surface area contributed by atoms with Crippen molar-refractivity contribution in [1.82, 2.24) is 0 Å². The topological polar surface area (TPSA) is 16.7 Å². The molecule has 2 heteroatoms. The third-order valence-corrected chi connectivity index (χ3v) is 0.656. The molecule has 0 atom stereocenters. The second-order valence-corrected chi connectivity index (χ2v) is 1.22. The van der Waals surface area contributed by atoms with Crippen LogP contribution < -0.4 is 0 Å². The molecule has 0 saturated carbocycles. The number of nitrogens with zero attached hydrogens (tertiary/aromatic N) is 2. The minimum atomic E-state index is 0.639. The lowest BCUT2D eigenvalue weighted by Crippen LogP contribution is -1.82. The Morgan fingerprint density at radius 2 is 2.67 bits per heavy atom. The van der Waals surface area contributed by atoms with Gasteiger partial charge in [-0.1, -0.05) is 4.85 Å². The van der Waals surface area contributed by atoms with Gasteiger partial charge in [0.1, 0.15) is 5.71 Å². The van der Waals surface area contributed by atoms with E-state index in [0.717, 1.165) is 12.3 Å². The van der Waals surface area contributed by atoms with Crippen molar-refractivity contribution in [2.75, 3.05) is 13.1 Å². The molecule has 0 bridgehead atoms. The molecule has 1 aliphatic heterocycles. The summed E-state index contributed by atoms with van der Waals surface area (Å²) in [4.78, 5) is 7.20. The van der Waals surface area contributed by atoms with E-state index in [1.54, 1.807) is 0 Å². The largest absolute Gasteiger partial charge is 0.302 e. The van der Waals surface area contributed by atoms with E-state index in [-0.39, 0.29) is 0 Å². The third-order valence-electron chi connectivity index (χ3n) is 0.656. The third kappa shape index (κ3) is 0.554. The molecule has 0 saturated heterocycles. The lowest BCUT2D eigenvalue weighted by Gasteiger charge is -1.51. The smallest absolute Gasteiger partial charge is 0.278 e. The minimum Gasteiger partial charge on any atom is -0.278 e. The molecule has 1 aliphatic rings. The summed E-state index contributed by atoms with van der Waals surface area (Å²) in [6, 6.07) is 0. The quantitative estimate of drug-likeness (QED) is 0.434. The summed E-state index contributed by atoms with van der Waals surface area (Å²) in [6.45, 7) is 6.34. The highest BCUT2D eigenvalue weighted by Crippen LogP contribution is 1.94. The zero-order valence-corrected chi connectivity index (χ0v) is 3.39. The average molecular weight is 81.1 g/mol. The molecule has 0 fully saturated rings. The highest BCUT2D eigenvalue weighted by atomic mass is 14.9. The van der Waals surface area contributed by atoms with Crippen LogP contribution in [-0.2, 0) is 0 Å². The summed E-state index contributed by atoms with van der Waals surface area (Å²) in [7, 11) is 0. The van der Waals surface area contributed by atoms with Crippen LogP contribution in [0.3, 0.4) is 0 Å². The van der Waals surface area contributed by atoms with E-state index in [2.05, 4.69) is 9.84 Å². The Labute approximate surface area is 36.3 Å². The average Bonchev–Trinajstić information content (AvgIpc) is 2.21. The summed E-state index contributed by atoms with van der Waals surface area (Å²) in [5.74, 6) is 0. The standard InChI is InChI=1S/C4H5N2/c1-5-2-4-3-6-4/h1H,2-3H2/q+1. The van der Waals surface area contributed by atoms with E-state index in [1.807, 2.05) is 0 Å². The van der Waals surface area contributed by atoms with Crippen LogP contribution in [-0.4, -0.2) is 18.8 Å². The number of hydrogen-bond acceptors (Lipinski definition) is 1. The first-order valence-corrected chi connectivity index (χ1v) is 1.82. The SMILES string of the molecule is C#[N+]CC1=NC1. The van der Waals surface area contributed by atoms with E-state index in [1.165, 1.54) is 0 Å². The summed E-state index contributed by atoms with van der Waals surface area (Å²) >= 11 is 0. The van der Waals surface area contributed by atoms with Crippen LogP contribution in [0.2, 0.25) is 0 Å². The fourth-order valence-corrected chi connectivity index (χ4v) is 0.261. The van der Waals surface area contributed by atoms with Crippen LogP contribution in [0.25, 0.3) is 4.85 Å². The van der Waals surface area contributed by atoms with Gasteiger partial charge in [-0.3, -0.25) is 4.99 Å². The van der Waals surface area contributed by atoms with Gasteiger partial charge in [0.25, 0.3) is 6.57 Å². The molecule has 0 aromatic carbocycles. The molecule has 0 N–H and O–H groups in total. The van der Waals surface area contributed by atoms with Crippen LogP contribution in [0.4, 0.5) is 0 Å². The molecule has 0 aliphatic carbocycles. The van der Waals surface area contributed by atoms with Gasteiger partial charge >= 0.3 is 6.54 Å². The minimum absolute atomic E-state index is 0.639. The van der Waals surface area contributed by atoms with Crippen LogP contribution in [0.5, 0.6) is 0 Å². The highest BCUT2D eigenvalue weighted by Gasteiger charge is 2.12. The van der Waals surface area contributed by atoms with Crippen molar-refractivity contribution < 1.29 is 0 Å². The Bertz CT molecular complexity index is 118. The van der Waals surface area contributed by atoms with Gasteiger partial charge in [0.2, 0.25) is 0 Å². The maximum absolute atomic E-state index is 4.81. The lowest BCUT2D eigenvalue weighted by molar-refractivity contribution is 1.57. The first kappa shape index (κ1) is 3.35. The molecule has 0 aromatic rings. The van der Waals surface area contributed by atoms with Gasteiger partial charge < -0.3 is 0 Å². The zero-order valence-electron chi connectivity index (χ0n) is 3.39. The van der Waals surface area contributed by atoms with Crippen LogP contribution in [0.1, 0.15) is 0 Å². The van der Waals surface area contributed by atoms with Gasteiger partial charge in [0.15, 0.2) is 0 Å². The summed E-state index contributed by atoms with van der Waals surface area (Å²) in [6.07, 6.45) is 0. The number of aliphatic imine (C=N–C) groups is 1. The maximum atomic E-state index is 4.81. The first-order valence-electron chi connectivity index (χ1n) is 1.82. The Hall–Kier alpha value is -0.840. The van der Waals surface area contributed by atoms with E-state index < -0.39 is 0 Å². The monoisotopic (exact) mass is 81.0 g/mol. The molecule has 0 unspecified atom stereocenters. The van der Waals surface area contributed by atoms with Crippen LogP contribution in [0.15, 0.2) is 4.99 Å². The van der Waals surface area contributed by atoms with Gasteiger partial charge in [-0.15, -0.1) is 0 Å². The molecule has 2 nitrogen and oxygen atoms in total. The Balaban J connectivity index is 2.22. The molecule has 1 rings (SSSR count). The Morgan fingerprint density at radius 3 is 2.83 bits per heavy atom. The van der Waals surface area contributed by atoms with Crippen LogP contribution in [0, 0.1) is 6.57 Å². The summed E-state index contributed by atoms with van der Waals surface area (Å²) in [5.41, 5.74) is 1.12.